The van der Waals surface area contributed by atoms with E-state index in [4.69, 9.17) is 14.2 Å². The number of ether oxygens (including phenoxy) is 3. The minimum atomic E-state index is -0.685. The van der Waals surface area contributed by atoms with Crippen LogP contribution in [-0.2, 0) is 14.2 Å². The first-order valence-corrected chi connectivity index (χ1v) is 11.6. The van der Waals surface area contributed by atoms with Crippen molar-refractivity contribution < 1.29 is 19.3 Å². The van der Waals surface area contributed by atoms with E-state index in [1.165, 1.54) is 70.6 Å². The molecule has 0 rings (SSSR count). The Hall–Kier alpha value is -0.160. The molecule has 4 nitrogen and oxygen atoms in total. The first kappa shape index (κ1) is 26.8. The van der Waals surface area contributed by atoms with Gasteiger partial charge in [-0.25, -0.2) is 0 Å². The highest BCUT2D eigenvalue weighted by molar-refractivity contribution is 4.54. The van der Waals surface area contributed by atoms with Gasteiger partial charge in [-0.2, -0.15) is 0 Å². The Kier molecular flexibility index (Phi) is 20.4. The fraction of sp³-hybridized carbons (Fsp3) is 1.00. The van der Waals surface area contributed by atoms with Crippen LogP contribution in [-0.4, -0.2) is 43.4 Å². The molecule has 0 saturated heterocycles. The van der Waals surface area contributed by atoms with Crippen LogP contribution in [0.15, 0.2) is 0 Å². The molecule has 0 amide bonds. The highest BCUT2D eigenvalue weighted by Gasteiger charge is 2.09. The third-order valence-corrected chi connectivity index (χ3v) is 4.89. The fourth-order valence-electron chi connectivity index (χ4n) is 2.99. The van der Waals surface area contributed by atoms with Crippen LogP contribution < -0.4 is 0 Å². The second-order valence-electron chi connectivity index (χ2n) is 7.91. The molecule has 0 heterocycles. The van der Waals surface area contributed by atoms with Gasteiger partial charge in [0.1, 0.15) is 0 Å². The van der Waals surface area contributed by atoms with E-state index in [0.717, 1.165) is 13.0 Å². The lowest BCUT2D eigenvalue weighted by molar-refractivity contribution is -0.135. The first-order valence-electron chi connectivity index (χ1n) is 11.6. The van der Waals surface area contributed by atoms with Crippen LogP contribution in [0.1, 0.15) is 111 Å². The van der Waals surface area contributed by atoms with Crippen molar-refractivity contribution in [2.24, 2.45) is 0 Å². The van der Waals surface area contributed by atoms with Crippen LogP contribution in [0, 0.1) is 0 Å². The van der Waals surface area contributed by atoms with Crippen LogP contribution in [0.5, 0.6) is 0 Å². The molecule has 0 radical (unpaired) electrons. The number of unbranched alkanes of at least 4 members (excludes halogenated alkanes) is 11. The smallest absolute Gasteiger partial charge is 0.154 e. The molecule has 1 N–H and O–H groups in total. The maximum absolute atomic E-state index is 9.37. The van der Waals surface area contributed by atoms with Gasteiger partial charge in [-0.05, 0) is 26.7 Å². The summed E-state index contributed by atoms with van der Waals surface area (Å²) in [6, 6.07) is 0. The minimum Gasteiger partial charge on any atom is -0.376 e. The van der Waals surface area contributed by atoms with Crippen molar-refractivity contribution >= 4 is 0 Å². The molecule has 3 atom stereocenters. The number of aliphatic hydroxyl groups is 1. The summed E-state index contributed by atoms with van der Waals surface area (Å²) < 4.78 is 16.8. The molecule has 0 aliphatic rings. The van der Waals surface area contributed by atoms with Gasteiger partial charge in [0.25, 0.3) is 0 Å². The molecule has 27 heavy (non-hydrogen) atoms. The Labute approximate surface area is 169 Å². The van der Waals surface area contributed by atoms with E-state index in [1.807, 2.05) is 13.8 Å². The molecule has 0 aliphatic carbocycles. The standard InChI is InChI=1S/C23H48O4/c1-5-7-8-9-10-11-12-13-14-15-16-17-18-25-21(3)19-26-22(4)20-27-23(24)6-2/h21-24H,5-20H2,1-4H3. The van der Waals surface area contributed by atoms with Gasteiger partial charge in [0.2, 0.25) is 0 Å². The van der Waals surface area contributed by atoms with Gasteiger partial charge in [0.15, 0.2) is 6.29 Å². The molecule has 0 aromatic heterocycles. The second-order valence-corrected chi connectivity index (χ2v) is 7.91. The van der Waals surface area contributed by atoms with Crippen molar-refractivity contribution in [3.05, 3.63) is 0 Å². The molecule has 3 unspecified atom stereocenters. The average molecular weight is 389 g/mol. The lowest BCUT2D eigenvalue weighted by Gasteiger charge is -2.19. The SMILES string of the molecule is CCCCCCCCCCCCCCOC(C)COC(C)COC(O)CC. The quantitative estimate of drug-likeness (QED) is 0.187. The summed E-state index contributed by atoms with van der Waals surface area (Å²) in [5, 5.41) is 9.37. The van der Waals surface area contributed by atoms with Crippen molar-refractivity contribution in [1.29, 1.82) is 0 Å². The van der Waals surface area contributed by atoms with Crippen molar-refractivity contribution in [2.45, 2.75) is 130 Å². The van der Waals surface area contributed by atoms with Crippen LogP contribution >= 0.6 is 0 Å². The Balaban J connectivity index is 3.28. The van der Waals surface area contributed by atoms with Gasteiger partial charge in [-0.15, -0.1) is 0 Å². The monoisotopic (exact) mass is 388 g/mol. The molecular formula is C23H48O4. The second kappa shape index (κ2) is 20.6. The number of rotatable bonds is 21. The molecule has 4 heteroatoms. The summed E-state index contributed by atoms with van der Waals surface area (Å²) in [4.78, 5) is 0. The highest BCUT2D eigenvalue weighted by atomic mass is 16.6. The van der Waals surface area contributed by atoms with E-state index >= 15 is 0 Å². The third kappa shape index (κ3) is 20.4. The van der Waals surface area contributed by atoms with Crippen molar-refractivity contribution in [3.8, 4) is 0 Å². The lowest BCUT2D eigenvalue weighted by Crippen LogP contribution is -2.25. The van der Waals surface area contributed by atoms with Crippen LogP contribution in [0.2, 0.25) is 0 Å². The maximum Gasteiger partial charge on any atom is 0.154 e. The van der Waals surface area contributed by atoms with Gasteiger partial charge in [-0.1, -0.05) is 84.5 Å². The van der Waals surface area contributed by atoms with Crippen molar-refractivity contribution in [3.63, 3.8) is 0 Å². The van der Waals surface area contributed by atoms with Gasteiger partial charge >= 0.3 is 0 Å². The summed E-state index contributed by atoms with van der Waals surface area (Å²) in [5.74, 6) is 0. The Morgan fingerprint density at radius 2 is 1.04 bits per heavy atom. The highest BCUT2D eigenvalue weighted by Crippen LogP contribution is 2.12. The Bertz CT molecular complexity index is 286. The number of aliphatic hydroxyl groups excluding tert-OH is 1. The third-order valence-electron chi connectivity index (χ3n) is 4.89. The van der Waals surface area contributed by atoms with Crippen LogP contribution in [0.3, 0.4) is 0 Å². The van der Waals surface area contributed by atoms with E-state index < -0.39 is 6.29 Å². The molecule has 0 saturated carbocycles. The van der Waals surface area contributed by atoms with Crippen LogP contribution in [0.25, 0.3) is 0 Å². The number of hydrogen-bond acceptors (Lipinski definition) is 4. The average Bonchev–Trinajstić information content (AvgIpc) is 2.67. The molecule has 0 aromatic rings. The van der Waals surface area contributed by atoms with Gasteiger partial charge in [-0.3, -0.25) is 0 Å². The zero-order valence-electron chi connectivity index (χ0n) is 18.7. The summed E-state index contributed by atoms with van der Waals surface area (Å²) >= 11 is 0. The zero-order valence-corrected chi connectivity index (χ0v) is 18.7. The van der Waals surface area contributed by atoms with E-state index in [-0.39, 0.29) is 12.2 Å². The topological polar surface area (TPSA) is 47.9 Å². The first-order chi connectivity index (χ1) is 13.1. The molecule has 0 aliphatic heterocycles. The van der Waals surface area contributed by atoms with E-state index in [0.29, 0.717) is 19.6 Å². The van der Waals surface area contributed by atoms with Gasteiger partial charge in [0, 0.05) is 6.61 Å². The molecule has 0 aromatic carbocycles. The molecule has 0 bridgehead atoms. The number of hydrogen-bond donors (Lipinski definition) is 1. The minimum absolute atomic E-state index is 0.0242. The Morgan fingerprint density at radius 3 is 1.56 bits per heavy atom. The molecule has 0 spiro atoms. The van der Waals surface area contributed by atoms with E-state index in [9.17, 15) is 5.11 Å². The molecule has 164 valence electrons. The normalized spacial score (nSPS) is 15.0. The predicted octanol–water partition coefficient (Wildman–Crippen LogP) is 6.24. The maximum atomic E-state index is 9.37. The van der Waals surface area contributed by atoms with Gasteiger partial charge in [0.05, 0.1) is 25.4 Å². The zero-order chi connectivity index (χ0) is 20.2. The van der Waals surface area contributed by atoms with E-state index in [1.54, 1.807) is 0 Å². The predicted molar refractivity (Wildman–Crippen MR) is 114 cm³/mol. The van der Waals surface area contributed by atoms with Crippen molar-refractivity contribution in [1.82, 2.24) is 0 Å². The lowest BCUT2D eigenvalue weighted by atomic mass is 10.1. The summed E-state index contributed by atoms with van der Waals surface area (Å²) in [7, 11) is 0. The van der Waals surface area contributed by atoms with E-state index in [2.05, 4.69) is 13.8 Å². The summed E-state index contributed by atoms with van der Waals surface area (Å²) in [5.41, 5.74) is 0. The van der Waals surface area contributed by atoms with Crippen LogP contribution in [0.4, 0.5) is 0 Å². The summed E-state index contributed by atoms with van der Waals surface area (Å²) in [6.07, 6.45) is 16.4. The Morgan fingerprint density at radius 1 is 0.593 bits per heavy atom. The van der Waals surface area contributed by atoms with Crippen molar-refractivity contribution in [2.75, 3.05) is 19.8 Å². The van der Waals surface area contributed by atoms with Gasteiger partial charge < -0.3 is 19.3 Å². The molecule has 0 fully saturated rings. The largest absolute Gasteiger partial charge is 0.376 e. The summed E-state index contributed by atoms with van der Waals surface area (Å²) in [6.45, 7) is 9.99. The molecular weight excluding hydrogens is 340 g/mol. The fourth-order valence-corrected chi connectivity index (χ4v) is 2.99.